The van der Waals surface area contributed by atoms with Gasteiger partial charge >= 0.3 is 23.8 Å². The van der Waals surface area contributed by atoms with Crippen molar-refractivity contribution in [1.29, 1.82) is 0 Å². The molecule has 0 heterocycles. The number of carbonyl (C=O) groups excluding carboxylic acids is 3. The molecule has 0 aromatic carbocycles. The van der Waals surface area contributed by atoms with Gasteiger partial charge in [-0.25, -0.2) is 0 Å². The van der Waals surface area contributed by atoms with Crippen LogP contribution in [0.5, 0.6) is 0 Å². The van der Waals surface area contributed by atoms with Gasteiger partial charge in [-0.3, -0.25) is 19.2 Å². The molecular formula is C30H56N2O6. The number of nitrogens with one attached hydrogen (secondary N) is 2. The molecule has 0 saturated carbocycles. The Balaban J connectivity index is 5.57. The second-order valence-electron chi connectivity index (χ2n) is 14.4. The molecule has 0 saturated heterocycles. The van der Waals surface area contributed by atoms with E-state index in [1.165, 1.54) is 0 Å². The lowest BCUT2D eigenvalue weighted by Gasteiger charge is -2.55. The van der Waals surface area contributed by atoms with E-state index in [0.717, 1.165) is 12.8 Å². The molecule has 2 unspecified atom stereocenters. The molecule has 0 spiro atoms. The van der Waals surface area contributed by atoms with E-state index in [9.17, 15) is 24.3 Å². The molecule has 0 rings (SSSR count). The Morgan fingerprint density at radius 3 is 1.66 bits per heavy atom. The molecule has 2 atom stereocenters. The zero-order valence-corrected chi connectivity index (χ0v) is 26.2. The minimum Gasteiger partial charge on any atom is -0.481 e. The Labute approximate surface area is 231 Å². The van der Waals surface area contributed by atoms with Crippen molar-refractivity contribution in [3.63, 3.8) is 0 Å². The van der Waals surface area contributed by atoms with Gasteiger partial charge in [0.25, 0.3) is 0 Å². The Morgan fingerprint density at radius 2 is 1.26 bits per heavy atom. The van der Waals surface area contributed by atoms with Gasteiger partial charge in [-0.05, 0) is 54.3 Å². The second kappa shape index (κ2) is 13.8. The number of ether oxygens (including phenoxy) is 1. The molecule has 3 N–H and O–H groups in total. The number of amides is 2. The summed E-state index contributed by atoms with van der Waals surface area (Å²) in [4.78, 5) is 49.6. The maximum Gasteiger partial charge on any atom is 0.312 e. The van der Waals surface area contributed by atoms with E-state index >= 15 is 0 Å². The molecular weight excluding hydrogens is 484 g/mol. The highest BCUT2D eigenvalue weighted by Gasteiger charge is 2.57. The van der Waals surface area contributed by atoms with Gasteiger partial charge < -0.3 is 20.5 Å². The number of hydrogen-bond acceptors (Lipinski definition) is 5. The summed E-state index contributed by atoms with van der Waals surface area (Å²) in [6, 6.07) is 0. The number of rotatable bonds is 14. The lowest BCUT2D eigenvalue weighted by molar-refractivity contribution is -0.176. The van der Waals surface area contributed by atoms with Crippen LogP contribution in [0.2, 0.25) is 0 Å². The molecule has 8 nitrogen and oxygen atoms in total. The van der Waals surface area contributed by atoms with E-state index in [-0.39, 0.29) is 24.5 Å². The van der Waals surface area contributed by atoms with E-state index in [1.807, 2.05) is 62.3 Å². The van der Waals surface area contributed by atoms with Gasteiger partial charge in [-0.1, -0.05) is 82.6 Å². The fourth-order valence-electron chi connectivity index (χ4n) is 5.02. The van der Waals surface area contributed by atoms with Crippen molar-refractivity contribution < 1.29 is 29.0 Å². The predicted octanol–water partition coefficient (Wildman–Crippen LogP) is 5.58. The number of aliphatic carboxylic acids is 1. The van der Waals surface area contributed by atoms with Crippen LogP contribution in [0.25, 0.3) is 0 Å². The van der Waals surface area contributed by atoms with Gasteiger partial charge in [0.2, 0.25) is 0 Å². The van der Waals surface area contributed by atoms with E-state index < -0.39 is 45.4 Å². The summed E-state index contributed by atoms with van der Waals surface area (Å²) in [6.45, 7) is 24.9. The van der Waals surface area contributed by atoms with Gasteiger partial charge in [-0.15, -0.1) is 0 Å². The molecule has 0 aliphatic rings. The predicted molar refractivity (Wildman–Crippen MR) is 151 cm³/mol. The smallest absolute Gasteiger partial charge is 0.312 e. The molecule has 0 radical (unpaired) electrons. The summed E-state index contributed by atoms with van der Waals surface area (Å²) >= 11 is 0. The Kier molecular flexibility index (Phi) is 13.0. The molecule has 0 aromatic rings. The third kappa shape index (κ3) is 10.2. The largest absolute Gasteiger partial charge is 0.481 e. The third-order valence-electron chi connectivity index (χ3n) is 8.33. The van der Waals surface area contributed by atoms with E-state index in [4.69, 9.17) is 4.74 Å². The molecule has 0 fully saturated rings. The normalized spacial score (nSPS) is 15.3. The van der Waals surface area contributed by atoms with Crippen molar-refractivity contribution in [1.82, 2.24) is 10.6 Å². The van der Waals surface area contributed by atoms with Crippen molar-refractivity contribution in [3.05, 3.63) is 0 Å². The SMILES string of the molecule is CCCCNC(=O)C(=O)NCCCOC(=O)C(C)(CC(C)(C)C)C(C)(C)C(C)(C)CC(C(=O)O)C(C)(C)C. The molecule has 38 heavy (non-hydrogen) atoms. The van der Waals surface area contributed by atoms with Gasteiger partial charge in [0, 0.05) is 13.1 Å². The zero-order chi connectivity index (χ0) is 30.2. The van der Waals surface area contributed by atoms with Gasteiger partial charge in [0.15, 0.2) is 0 Å². The highest BCUT2D eigenvalue weighted by atomic mass is 16.5. The Morgan fingerprint density at radius 1 is 0.789 bits per heavy atom. The summed E-state index contributed by atoms with van der Waals surface area (Å²) in [5, 5.41) is 15.1. The number of carboxylic acid groups (broad SMARTS) is 1. The first-order chi connectivity index (χ1) is 17.0. The summed E-state index contributed by atoms with van der Waals surface area (Å²) < 4.78 is 5.77. The number of unbranched alkanes of at least 4 members (excludes halogenated alkanes) is 1. The second-order valence-corrected chi connectivity index (χ2v) is 14.4. The molecule has 0 aliphatic heterocycles. The van der Waals surface area contributed by atoms with E-state index in [2.05, 4.69) is 31.4 Å². The number of esters is 1. The maximum atomic E-state index is 13.7. The molecule has 8 heteroatoms. The fourth-order valence-corrected chi connectivity index (χ4v) is 5.02. The lowest BCUT2D eigenvalue weighted by atomic mass is 9.49. The van der Waals surface area contributed by atoms with Gasteiger partial charge in [0.05, 0.1) is 17.9 Å². The summed E-state index contributed by atoms with van der Waals surface area (Å²) in [5.41, 5.74) is -2.65. The first-order valence-electron chi connectivity index (χ1n) is 14.0. The topological polar surface area (TPSA) is 122 Å². The van der Waals surface area contributed by atoms with Crippen molar-refractivity contribution >= 4 is 23.8 Å². The quantitative estimate of drug-likeness (QED) is 0.150. The average molecular weight is 541 g/mol. The first kappa shape index (κ1) is 35.9. The van der Waals surface area contributed by atoms with Crippen LogP contribution in [0, 0.1) is 33.0 Å². The number of hydrogen-bond donors (Lipinski definition) is 3. The van der Waals surface area contributed by atoms with Crippen LogP contribution in [0.15, 0.2) is 0 Å². The lowest BCUT2D eigenvalue weighted by Crippen LogP contribution is -2.54. The molecule has 0 bridgehead atoms. The van der Waals surface area contributed by atoms with Crippen LogP contribution in [0.1, 0.15) is 115 Å². The molecule has 222 valence electrons. The summed E-state index contributed by atoms with van der Waals surface area (Å²) in [6.07, 6.45) is 3.07. The molecule has 0 aliphatic carbocycles. The van der Waals surface area contributed by atoms with E-state index in [0.29, 0.717) is 25.8 Å². The highest BCUT2D eigenvalue weighted by molar-refractivity contribution is 6.35. The molecule has 2 amide bonds. The van der Waals surface area contributed by atoms with Gasteiger partial charge in [0.1, 0.15) is 0 Å². The number of carboxylic acids is 1. The van der Waals surface area contributed by atoms with Crippen LogP contribution < -0.4 is 10.6 Å². The van der Waals surface area contributed by atoms with Crippen LogP contribution in [-0.2, 0) is 23.9 Å². The number of carbonyl (C=O) groups is 4. The van der Waals surface area contributed by atoms with E-state index in [1.54, 1.807) is 0 Å². The van der Waals surface area contributed by atoms with Gasteiger partial charge in [-0.2, -0.15) is 0 Å². The van der Waals surface area contributed by atoms with Crippen molar-refractivity contribution in [3.8, 4) is 0 Å². The van der Waals surface area contributed by atoms with Crippen LogP contribution >= 0.6 is 0 Å². The maximum absolute atomic E-state index is 13.7. The van der Waals surface area contributed by atoms with Crippen LogP contribution in [0.4, 0.5) is 0 Å². The zero-order valence-electron chi connectivity index (χ0n) is 26.2. The fraction of sp³-hybridized carbons (Fsp3) is 0.867. The Hall–Kier alpha value is -2.12. The standard InChI is InChI=1S/C30H56N2O6/c1-13-14-16-31-22(33)23(34)32-17-15-18-38-25(37)30(12,20-26(2,3)4)29(10,11)28(8,9)19-21(24(35)36)27(5,6)7/h21H,13-20H2,1-12H3,(H,31,33)(H,32,34)(H,35,36). The van der Waals surface area contributed by atoms with Crippen LogP contribution in [-0.4, -0.2) is 48.6 Å². The molecule has 0 aromatic heterocycles. The van der Waals surface area contributed by atoms with Crippen LogP contribution in [0.3, 0.4) is 0 Å². The highest BCUT2D eigenvalue weighted by Crippen LogP contribution is 2.59. The average Bonchev–Trinajstić information content (AvgIpc) is 2.74. The minimum atomic E-state index is -0.905. The Bertz CT molecular complexity index is 820. The minimum absolute atomic E-state index is 0.104. The van der Waals surface area contributed by atoms with Crippen molar-refractivity contribution in [2.24, 2.45) is 33.0 Å². The third-order valence-corrected chi connectivity index (χ3v) is 8.33. The summed E-state index contributed by atoms with van der Waals surface area (Å²) in [7, 11) is 0. The van der Waals surface area contributed by atoms with Crippen molar-refractivity contribution in [2.45, 2.75) is 115 Å². The van der Waals surface area contributed by atoms with Crippen molar-refractivity contribution in [2.75, 3.05) is 19.7 Å². The monoisotopic (exact) mass is 540 g/mol. The first-order valence-corrected chi connectivity index (χ1v) is 14.0. The summed E-state index contributed by atoms with van der Waals surface area (Å²) in [5.74, 6) is -3.10.